The van der Waals surface area contributed by atoms with E-state index in [0.717, 1.165) is 0 Å². The lowest BCUT2D eigenvalue weighted by Gasteiger charge is -2.18. The Morgan fingerprint density at radius 3 is 2.35 bits per heavy atom. The van der Waals surface area contributed by atoms with Gasteiger partial charge in [0.1, 0.15) is 11.8 Å². The van der Waals surface area contributed by atoms with Crippen LogP contribution in [0.25, 0.3) is 0 Å². The fourth-order valence-corrected chi connectivity index (χ4v) is 2.02. The van der Waals surface area contributed by atoms with Gasteiger partial charge in [-0.25, -0.2) is 9.59 Å². The predicted octanol–water partition coefficient (Wildman–Crippen LogP) is 1.18. The zero-order valence-corrected chi connectivity index (χ0v) is 15.0. The Morgan fingerprint density at radius 1 is 1.15 bits per heavy atom. The highest BCUT2D eigenvalue weighted by Crippen LogP contribution is 2.11. The lowest BCUT2D eigenvalue weighted by atomic mass is 10.0. The topological polar surface area (TPSA) is 115 Å². The summed E-state index contributed by atoms with van der Waals surface area (Å²) in [7, 11) is 1.24. The molecule has 1 aromatic rings. The minimum absolute atomic E-state index is 0.169. The molecule has 0 aromatic heterocycles. The van der Waals surface area contributed by atoms with Crippen molar-refractivity contribution in [3.05, 3.63) is 29.8 Å². The van der Waals surface area contributed by atoms with Crippen LogP contribution in [0, 0.1) is 17.2 Å². The second-order valence-electron chi connectivity index (χ2n) is 5.86. The molecule has 1 atom stereocenters. The number of nitrogens with zero attached hydrogens (tertiary/aromatic N) is 1. The number of methoxy groups -OCH3 is 1. The van der Waals surface area contributed by atoms with Crippen molar-refractivity contribution >= 4 is 17.8 Å². The number of benzene rings is 1. The van der Waals surface area contributed by atoms with Crippen LogP contribution in [0.3, 0.4) is 0 Å². The molecule has 0 radical (unpaired) electrons. The van der Waals surface area contributed by atoms with Crippen molar-refractivity contribution in [1.29, 1.82) is 5.26 Å². The molecule has 0 saturated carbocycles. The molecule has 8 nitrogen and oxygen atoms in total. The molecule has 8 heteroatoms. The molecule has 1 rings (SSSR count). The van der Waals surface area contributed by atoms with E-state index in [4.69, 9.17) is 14.7 Å². The second kappa shape index (κ2) is 10.7. The summed E-state index contributed by atoms with van der Waals surface area (Å²) >= 11 is 0. The third kappa shape index (κ3) is 7.66. The third-order valence-electron chi connectivity index (χ3n) is 3.23. The van der Waals surface area contributed by atoms with Crippen LogP contribution in [0.2, 0.25) is 0 Å². The second-order valence-corrected chi connectivity index (χ2v) is 5.86. The smallest absolute Gasteiger partial charge is 0.344 e. The van der Waals surface area contributed by atoms with E-state index in [1.165, 1.54) is 7.11 Å². The van der Waals surface area contributed by atoms with Gasteiger partial charge < -0.3 is 19.5 Å². The van der Waals surface area contributed by atoms with Crippen LogP contribution in [-0.2, 0) is 23.9 Å². The highest BCUT2D eigenvalue weighted by molar-refractivity contribution is 5.86. The first-order valence-corrected chi connectivity index (χ1v) is 8.01. The number of amides is 1. The van der Waals surface area contributed by atoms with E-state index < -0.39 is 30.5 Å². The molecule has 0 saturated heterocycles. The average Bonchev–Trinajstić information content (AvgIpc) is 2.63. The number of carbonyl (C=O) groups is 3. The summed E-state index contributed by atoms with van der Waals surface area (Å²) in [5.74, 6) is -1.32. The zero-order valence-electron chi connectivity index (χ0n) is 15.0. The lowest BCUT2D eigenvalue weighted by Crippen LogP contribution is -2.44. The van der Waals surface area contributed by atoms with Gasteiger partial charge in [0.05, 0.1) is 18.7 Å². The van der Waals surface area contributed by atoms with E-state index in [2.05, 4.69) is 10.1 Å². The fourth-order valence-electron chi connectivity index (χ4n) is 2.02. The Labute approximate surface area is 152 Å². The first kappa shape index (κ1) is 21.0. The van der Waals surface area contributed by atoms with Crippen molar-refractivity contribution in [2.75, 3.05) is 20.3 Å². The molecule has 0 aliphatic heterocycles. The van der Waals surface area contributed by atoms with Gasteiger partial charge in [0, 0.05) is 0 Å². The van der Waals surface area contributed by atoms with E-state index in [9.17, 15) is 14.4 Å². The average molecular weight is 362 g/mol. The molecule has 0 bridgehead atoms. The van der Waals surface area contributed by atoms with Gasteiger partial charge in [-0.15, -0.1) is 0 Å². The van der Waals surface area contributed by atoms with Crippen LogP contribution in [0.1, 0.15) is 25.8 Å². The molecule has 140 valence electrons. The number of esters is 2. The molecule has 1 N–H and O–H groups in total. The molecule has 1 aromatic carbocycles. The number of ether oxygens (including phenoxy) is 3. The molecule has 1 amide bonds. The van der Waals surface area contributed by atoms with Crippen molar-refractivity contribution < 1.29 is 28.6 Å². The van der Waals surface area contributed by atoms with E-state index in [0.29, 0.717) is 17.7 Å². The maximum atomic E-state index is 11.8. The monoisotopic (exact) mass is 362 g/mol. The van der Waals surface area contributed by atoms with Crippen molar-refractivity contribution in [3.63, 3.8) is 0 Å². The largest absolute Gasteiger partial charge is 0.482 e. The van der Waals surface area contributed by atoms with Gasteiger partial charge in [0.2, 0.25) is 0 Å². The molecule has 0 spiro atoms. The summed E-state index contributed by atoms with van der Waals surface area (Å²) in [5, 5.41) is 11.2. The van der Waals surface area contributed by atoms with Crippen molar-refractivity contribution in [2.45, 2.75) is 26.3 Å². The number of carbonyl (C=O) groups excluding carboxylic acids is 3. The van der Waals surface area contributed by atoms with Crippen molar-refractivity contribution in [1.82, 2.24) is 5.32 Å². The van der Waals surface area contributed by atoms with Gasteiger partial charge in [-0.3, -0.25) is 4.79 Å². The Bertz CT molecular complexity index is 663. The van der Waals surface area contributed by atoms with E-state index in [-0.39, 0.29) is 12.5 Å². The standard InChI is InChI=1S/C18H22N2O6/c1-12(2)8-15(18(23)24-3)20-16(21)10-26-17(22)11-25-14-6-4-13(9-19)5-7-14/h4-7,12,15H,8,10-11H2,1-3H3,(H,20,21)/t15-/m0/s1. The maximum Gasteiger partial charge on any atom is 0.344 e. The molecule has 0 aliphatic rings. The van der Waals surface area contributed by atoms with Crippen LogP contribution >= 0.6 is 0 Å². The molecule has 0 heterocycles. The Hall–Kier alpha value is -3.08. The molecule has 0 aliphatic carbocycles. The highest BCUT2D eigenvalue weighted by Gasteiger charge is 2.23. The summed E-state index contributed by atoms with van der Waals surface area (Å²) in [6, 6.07) is 7.37. The van der Waals surface area contributed by atoms with E-state index in [1.807, 2.05) is 19.9 Å². The van der Waals surface area contributed by atoms with Gasteiger partial charge in [-0.1, -0.05) is 13.8 Å². The number of rotatable bonds is 9. The zero-order chi connectivity index (χ0) is 19.5. The minimum Gasteiger partial charge on any atom is -0.482 e. The lowest BCUT2D eigenvalue weighted by molar-refractivity contribution is -0.151. The normalized spacial score (nSPS) is 11.2. The van der Waals surface area contributed by atoms with E-state index in [1.54, 1.807) is 24.3 Å². The SMILES string of the molecule is COC(=O)[C@H](CC(C)C)NC(=O)COC(=O)COc1ccc(C#N)cc1. The van der Waals surface area contributed by atoms with Crippen molar-refractivity contribution in [3.8, 4) is 11.8 Å². The van der Waals surface area contributed by atoms with Gasteiger partial charge in [-0.2, -0.15) is 5.26 Å². The number of hydrogen-bond donors (Lipinski definition) is 1. The summed E-state index contributed by atoms with van der Waals surface area (Å²) in [5.41, 5.74) is 0.471. The Balaban J connectivity index is 2.39. The minimum atomic E-state index is -0.791. The molecule has 26 heavy (non-hydrogen) atoms. The van der Waals surface area contributed by atoms with Gasteiger partial charge in [0.15, 0.2) is 13.2 Å². The van der Waals surface area contributed by atoms with E-state index >= 15 is 0 Å². The van der Waals surface area contributed by atoms with Crippen LogP contribution in [0.5, 0.6) is 5.75 Å². The van der Waals surface area contributed by atoms with Crippen LogP contribution < -0.4 is 10.1 Å². The van der Waals surface area contributed by atoms with Gasteiger partial charge >= 0.3 is 11.9 Å². The molecule has 0 fully saturated rings. The van der Waals surface area contributed by atoms with Crippen LogP contribution in [0.4, 0.5) is 0 Å². The summed E-state index contributed by atoms with van der Waals surface area (Å²) < 4.78 is 14.7. The summed E-state index contributed by atoms with van der Waals surface area (Å²) in [4.78, 5) is 35.1. The van der Waals surface area contributed by atoms with Crippen LogP contribution in [0.15, 0.2) is 24.3 Å². The number of nitriles is 1. The maximum absolute atomic E-state index is 11.8. The van der Waals surface area contributed by atoms with Gasteiger partial charge in [0.25, 0.3) is 5.91 Å². The fraction of sp³-hybridized carbons (Fsp3) is 0.444. The number of hydrogen-bond acceptors (Lipinski definition) is 7. The summed E-state index contributed by atoms with van der Waals surface area (Å²) in [6.45, 7) is 2.90. The third-order valence-corrected chi connectivity index (χ3v) is 3.23. The molecular formula is C18H22N2O6. The quantitative estimate of drug-likeness (QED) is 0.656. The van der Waals surface area contributed by atoms with Crippen LogP contribution in [-0.4, -0.2) is 44.2 Å². The molecule has 0 unspecified atom stereocenters. The number of nitrogens with one attached hydrogen (secondary N) is 1. The predicted molar refractivity (Wildman–Crippen MR) is 91.0 cm³/mol. The highest BCUT2D eigenvalue weighted by atomic mass is 16.6. The van der Waals surface area contributed by atoms with Crippen molar-refractivity contribution in [2.24, 2.45) is 5.92 Å². The first-order chi connectivity index (χ1) is 12.3. The Kier molecular flexibility index (Phi) is 8.64. The summed E-state index contributed by atoms with van der Waals surface area (Å²) in [6.07, 6.45) is 0.411. The molecular weight excluding hydrogens is 340 g/mol. The van der Waals surface area contributed by atoms with Gasteiger partial charge in [-0.05, 0) is 36.6 Å². The Morgan fingerprint density at radius 2 is 1.81 bits per heavy atom. The first-order valence-electron chi connectivity index (χ1n) is 8.01.